The summed E-state index contributed by atoms with van der Waals surface area (Å²) < 4.78 is 3.50. The van der Waals surface area contributed by atoms with E-state index in [9.17, 15) is 0 Å². The first kappa shape index (κ1) is 17.2. The molecule has 0 saturated heterocycles. The molecule has 0 aromatic carbocycles. The molecule has 110 valence electrons. The fourth-order valence-electron chi connectivity index (χ4n) is 2.36. The zero-order valence-electron chi connectivity index (χ0n) is 14.0. The van der Waals surface area contributed by atoms with Gasteiger partial charge in [-0.25, -0.2) is 0 Å². The van der Waals surface area contributed by atoms with E-state index in [2.05, 4.69) is 63.6 Å². The highest BCUT2D eigenvalue weighted by molar-refractivity contribution is 7.35. The van der Waals surface area contributed by atoms with Crippen molar-refractivity contribution in [2.75, 3.05) is 0 Å². The standard InChI is InChI=1S/C16H32SSi2/c1-8-9-10-11-12-14-13-15(18(2,3)4)17-16(14)19(5,6)7/h13H,8-12H2,1-7H3. The summed E-state index contributed by atoms with van der Waals surface area (Å²) in [5.41, 5.74) is 1.71. The summed E-state index contributed by atoms with van der Waals surface area (Å²) >= 11 is 2.16. The van der Waals surface area contributed by atoms with Crippen LogP contribution in [0.3, 0.4) is 0 Å². The molecule has 0 bridgehead atoms. The van der Waals surface area contributed by atoms with E-state index in [1.54, 1.807) is 14.6 Å². The Bertz CT molecular complexity index is 394. The zero-order valence-corrected chi connectivity index (χ0v) is 16.8. The van der Waals surface area contributed by atoms with Crippen molar-refractivity contribution in [2.24, 2.45) is 0 Å². The normalized spacial score (nSPS) is 13.0. The third-order valence-corrected chi connectivity index (χ3v) is 11.9. The van der Waals surface area contributed by atoms with Crippen molar-refractivity contribution in [3.63, 3.8) is 0 Å². The molecule has 0 spiro atoms. The van der Waals surface area contributed by atoms with Crippen molar-refractivity contribution in [2.45, 2.75) is 78.3 Å². The Hall–Kier alpha value is 0.134. The summed E-state index contributed by atoms with van der Waals surface area (Å²) in [7, 11) is -2.30. The van der Waals surface area contributed by atoms with Gasteiger partial charge in [-0.2, -0.15) is 11.3 Å². The molecule has 0 nitrogen and oxygen atoms in total. The number of hydrogen-bond acceptors (Lipinski definition) is 1. The number of aryl methyl sites for hydroxylation is 1. The van der Waals surface area contributed by atoms with Gasteiger partial charge in [-0.3, -0.25) is 0 Å². The van der Waals surface area contributed by atoms with Gasteiger partial charge < -0.3 is 0 Å². The van der Waals surface area contributed by atoms with Crippen LogP contribution < -0.4 is 9.00 Å². The topological polar surface area (TPSA) is 0 Å². The minimum absolute atomic E-state index is 1.14. The molecule has 19 heavy (non-hydrogen) atoms. The van der Waals surface area contributed by atoms with Gasteiger partial charge >= 0.3 is 0 Å². The second-order valence-corrected chi connectivity index (χ2v) is 19.6. The predicted molar refractivity (Wildman–Crippen MR) is 98.1 cm³/mol. The Morgan fingerprint density at radius 3 is 2.00 bits per heavy atom. The van der Waals surface area contributed by atoms with Crippen molar-refractivity contribution in [1.82, 2.24) is 0 Å². The average molecular weight is 313 g/mol. The van der Waals surface area contributed by atoms with Crippen LogP contribution >= 0.6 is 11.3 Å². The van der Waals surface area contributed by atoms with Crippen LogP contribution in [0.5, 0.6) is 0 Å². The Morgan fingerprint density at radius 2 is 1.53 bits per heavy atom. The van der Waals surface area contributed by atoms with Crippen LogP contribution in [-0.4, -0.2) is 16.1 Å². The number of unbranched alkanes of at least 4 members (excludes halogenated alkanes) is 3. The SMILES string of the molecule is CCCCCCc1cc([Si](C)(C)C)sc1[Si](C)(C)C. The van der Waals surface area contributed by atoms with E-state index >= 15 is 0 Å². The first-order chi connectivity index (χ1) is 8.66. The third kappa shape index (κ3) is 5.20. The van der Waals surface area contributed by atoms with E-state index in [1.165, 1.54) is 32.1 Å². The van der Waals surface area contributed by atoms with Crippen LogP contribution in [0.25, 0.3) is 0 Å². The van der Waals surface area contributed by atoms with E-state index in [0.29, 0.717) is 0 Å². The molecule has 0 aliphatic heterocycles. The highest BCUT2D eigenvalue weighted by atomic mass is 32.1. The molecule has 0 saturated carbocycles. The lowest BCUT2D eigenvalue weighted by atomic mass is 10.1. The van der Waals surface area contributed by atoms with Crippen LogP contribution in [0.4, 0.5) is 0 Å². The van der Waals surface area contributed by atoms with Crippen molar-refractivity contribution in [1.29, 1.82) is 0 Å². The predicted octanol–water partition coefficient (Wildman–Crippen LogP) is 4.96. The van der Waals surface area contributed by atoms with Crippen LogP contribution in [-0.2, 0) is 6.42 Å². The summed E-state index contributed by atoms with van der Waals surface area (Å²) in [6, 6.07) is 2.58. The Balaban J connectivity index is 2.91. The van der Waals surface area contributed by atoms with Gasteiger partial charge in [0, 0.05) is 0 Å². The van der Waals surface area contributed by atoms with Gasteiger partial charge in [0.25, 0.3) is 0 Å². The van der Waals surface area contributed by atoms with E-state index < -0.39 is 16.1 Å². The molecular weight excluding hydrogens is 280 g/mol. The van der Waals surface area contributed by atoms with Gasteiger partial charge in [-0.05, 0) is 33.5 Å². The van der Waals surface area contributed by atoms with Crippen LogP contribution in [0, 0.1) is 0 Å². The fraction of sp³-hybridized carbons (Fsp3) is 0.750. The van der Waals surface area contributed by atoms with Gasteiger partial charge in [-0.1, -0.05) is 65.5 Å². The molecule has 0 amide bonds. The molecule has 0 atom stereocenters. The summed E-state index contributed by atoms with van der Waals surface area (Å²) in [6.07, 6.45) is 6.84. The summed E-state index contributed by atoms with van der Waals surface area (Å²) in [6.45, 7) is 17.2. The minimum atomic E-state index is -1.16. The van der Waals surface area contributed by atoms with E-state index in [1.807, 2.05) is 0 Å². The molecule has 1 aromatic heterocycles. The fourth-order valence-corrected chi connectivity index (χ4v) is 8.23. The lowest BCUT2D eigenvalue weighted by molar-refractivity contribution is 0.668. The second kappa shape index (κ2) is 6.73. The first-order valence-corrected chi connectivity index (χ1v) is 15.6. The van der Waals surface area contributed by atoms with Crippen LogP contribution in [0.15, 0.2) is 6.07 Å². The van der Waals surface area contributed by atoms with Gasteiger partial charge in [0.2, 0.25) is 0 Å². The molecule has 0 fully saturated rings. The highest BCUT2D eigenvalue weighted by Gasteiger charge is 2.27. The molecule has 3 heteroatoms. The Morgan fingerprint density at radius 1 is 0.895 bits per heavy atom. The van der Waals surface area contributed by atoms with Gasteiger partial charge in [0.05, 0.1) is 16.1 Å². The average Bonchev–Trinajstić information content (AvgIpc) is 2.67. The van der Waals surface area contributed by atoms with E-state index in [4.69, 9.17) is 0 Å². The van der Waals surface area contributed by atoms with Gasteiger partial charge in [0.1, 0.15) is 0 Å². The zero-order chi connectivity index (χ0) is 14.7. The van der Waals surface area contributed by atoms with Crippen molar-refractivity contribution in [3.8, 4) is 0 Å². The molecule has 0 aliphatic carbocycles. The Kier molecular flexibility index (Phi) is 6.08. The smallest absolute Gasteiger partial charge is 0.0907 e. The number of thiophene rings is 1. The molecule has 1 rings (SSSR count). The van der Waals surface area contributed by atoms with Crippen molar-refractivity contribution in [3.05, 3.63) is 11.6 Å². The highest BCUT2D eigenvalue weighted by Crippen LogP contribution is 2.18. The molecule has 0 unspecified atom stereocenters. The summed E-state index contributed by atoms with van der Waals surface area (Å²) in [4.78, 5) is 0. The van der Waals surface area contributed by atoms with Gasteiger partial charge in [-0.15, -0.1) is 0 Å². The third-order valence-electron chi connectivity index (χ3n) is 3.53. The molecular formula is C16H32SSi2. The second-order valence-electron chi connectivity index (χ2n) is 7.78. The molecule has 1 aromatic rings. The van der Waals surface area contributed by atoms with Crippen molar-refractivity contribution < 1.29 is 0 Å². The maximum Gasteiger partial charge on any atom is 0.0907 e. The molecule has 0 N–H and O–H groups in total. The summed E-state index contributed by atoms with van der Waals surface area (Å²) in [5.74, 6) is 0. The van der Waals surface area contributed by atoms with Crippen molar-refractivity contribution >= 4 is 36.5 Å². The lowest BCUT2D eigenvalue weighted by Gasteiger charge is -2.17. The maximum atomic E-state index is 2.58. The van der Waals surface area contributed by atoms with E-state index in [-0.39, 0.29) is 0 Å². The number of hydrogen-bond donors (Lipinski definition) is 0. The molecule has 0 radical (unpaired) electrons. The first-order valence-electron chi connectivity index (χ1n) is 7.80. The van der Waals surface area contributed by atoms with Crippen LogP contribution in [0.1, 0.15) is 38.2 Å². The molecule has 0 aliphatic rings. The number of rotatable bonds is 7. The van der Waals surface area contributed by atoms with Gasteiger partial charge in [0.15, 0.2) is 0 Å². The largest absolute Gasteiger partial charge is 0.154 e. The summed E-state index contributed by atoms with van der Waals surface area (Å²) in [5, 5.41) is 0. The Labute approximate surface area is 126 Å². The van der Waals surface area contributed by atoms with E-state index in [0.717, 1.165) is 0 Å². The molecule has 1 heterocycles. The van der Waals surface area contributed by atoms with Crippen LogP contribution in [0.2, 0.25) is 39.3 Å². The maximum absolute atomic E-state index is 2.58. The monoisotopic (exact) mass is 312 g/mol. The lowest BCUT2D eigenvalue weighted by Crippen LogP contribution is -2.39. The minimum Gasteiger partial charge on any atom is -0.154 e. The quantitative estimate of drug-likeness (QED) is 0.493.